The summed E-state index contributed by atoms with van der Waals surface area (Å²) in [7, 11) is 0. The molecule has 3 aromatic rings. The highest BCUT2D eigenvalue weighted by Crippen LogP contribution is 2.14. The number of hydrogen-bond donors (Lipinski definition) is 2. The van der Waals surface area contributed by atoms with Gasteiger partial charge < -0.3 is 11.1 Å². The van der Waals surface area contributed by atoms with Gasteiger partial charge in [-0.1, -0.05) is 6.07 Å². The van der Waals surface area contributed by atoms with Crippen LogP contribution in [0.1, 0.15) is 16.7 Å². The van der Waals surface area contributed by atoms with Crippen LogP contribution in [0.4, 0.5) is 5.69 Å². The minimum absolute atomic E-state index is 0.385. The second-order valence-electron chi connectivity index (χ2n) is 5.60. The molecule has 0 aliphatic heterocycles. The van der Waals surface area contributed by atoms with E-state index in [0.29, 0.717) is 12.5 Å². The Hall–Kier alpha value is -3.15. The van der Waals surface area contributed by atoms with Crippen LogP contribution in [0.25, 0.3) is 5.82 Å². The summed E-state index contributed by atoms with van der Waals surface area (Å²) in [5.74, 6) is 1.14. The van der Waals surface area contributed by atoms with Gasteiger partial charge in [0.2, 0.25) is 0 Å². The molecule has 6 heteroatoms. The van der Waals surface area contributed by atoms with Crippen molar-refractivity contribution in [3.63, 3.8) is 0 Å². The predicted molar refractivity (Wildman–Crippen MR) is 96.2 cm³/mol. The lowest BCUT2D eigenvalue weighted by molar-refractivity contribution is 0.841. The zero-order chi connectivity index (χ0) is 16.9. The number of aliphatic imine (C=N–C) groups is 1. The molecule has 0 saturated carbocycles. The third kappa shape index (κ3) is 3.78. The Bertz CT molecular complexity index is 852. The maximum atomic E-state index is 5.98. The van der Waals surface area contributed by atoms with Crippen molar-refractivity contribution in [3.05, 3.63) is 71.7 Å². The summed E-state index contributed by atoms with van der Waals surface area (Å²) < 4.78 is 1.71. The van der Waals surface area contributed by atoms with Gasteiger partial charge in [0.25, 0.3) is 0 Å². The van der Waals surface area contributed by atoms with E-state index in [1.807, 2.05) is 30.5 Å². The Kier molecular flexibility index (Phi) is 4.56. The van der Waals surface area contributed by atoms with E-state index in [4.69, 9.17) is 5.73 Å². The van der Waals surface area contributed by atoms with Crippen LogP contribution in [-0.4, -0.2) is 20.7 Å². The van der Waals surface area contributed by atoms with Gasteiger partial charge in [-0.15, -0.1) is 0 Å². The molecule has 0 aliphatic rings. The fourth-order valence-electron chi connectivity index (χ4n) is 2.27. The van der Waals surface area contributed by atoms with Crippen LogP contribution >= 0.6 is 0 Å². The van der Waals surface area contributed by atoms with E-state index in [9.17, 15) is 0 Å². The summed E-state index contributed by atoms with van der Waals surface area (Å²) in [5.41, 5.74) is 10.4. The summed E-state index contributed by atoms with van der Waals surface area (Å²) in [6.45, 7) is 4.62. The van der Waals surface area contributed by atoms with Gasteiger partial charge >= 0.3 is 0 Å². The summed E-state index contributed by atoms with van der Waals surface area (Å²) in [6.07, 6.45) is 5.32. The number of nitrogens with two attached hydrogens (primary N) is 1. The maximum Gasteiger partial charge on any atom is 0.193 e. The van der Waals surface area contributed by atoms with Gasteiger partial charge in [-0.05, 0) is 60.9 Å². The Labute approximate surface area is 141 Å². The second-order valence-corrected chi connectivity index (χ2v) is 5.60. The topological polar surface area (TPSA) is 81.1 Å². The molecule has 0 radical (unpaired) electrons. The zero-order valence-electron chi connectivity index (χ0n) is 13.8. The van der Waals surface area contributed by atoms with Crippen molar-refractivity contribution in [2.24, 2.45) is 10.7 Å². The lowest BCUT2D eigenvalue weighted by Crippen LogP contribution is -2.22. The maximum absolute atomic E-state index is 5.98. The van der Waals surface area contributed by atoms with E-state index in [1.54, 1.807) is 17.1 Å². The molecule has 24 heavy (non-hydrogen) atoms. The molecular weight excluding hydrogens is 300 g/mol. The SMILES string of the molecule is Cc1ccc(NC(N)=NCc2ccnc(-n3cccn3)c2)cc1C. The van der Waals surface area contributed by atoms with Crippen LogP contribution in [0.15, 0.2) is 60.0 Å². The molecule has 2 aromatic heterocycles. The van der Waals surface area contributed by atoms with Gasteiger partial charge in [0, 0.05) is 24.3 Å². The largest absolute Gasteiger partial charge is 0.370 e. The molecule has 0 unspecified atom stereocenters. The first kappa shape index (κ1) is 15.7. The molecule has 2 heterocycles. The first-order valence-corrected chi connectivity index (χ1v) is 7.71. The van der Waals surface area contributed by atoms with Crippen LogP contribution < -0.4 is 11.1 Å². The van der Waals surface area contributed by atoms with Crippen molar-refractivity contribution in [2.45, 2.75) is 20.4 Å². The second kappa shape index (κ2) is 6.95. The lowest BCUT2D eigenvalue weighted by atomic mass is 10.1. The fraction of sp³-hybridized carbons (Fsp3) is 0.167. The smallest absolute Gasteiger partial charge is 0.193 e. The Balaban J connectivity index is 1.68. The van der Waals surface area contributed by atoms with Gasteiger partial charge in [0.1, 0.15) is 0 Å². The highest BCUT2D eigenvalue weighted by atomic mass is 15.3. The number of benzene rings is 1. The van der Waals surface area contributed by atoms with Crippen LogP contribution in [0.5, 0.6) is 0 Å². The zero-order valence-corrected chi connectivity index (χ0v) is 13.8. The van der Waals surface area contributed by atoms with Crippen LogP contribution in [0.3, 0.4) is 0 Å². The molecule has 3 N–H and O–H groups in total. The van der Waals surface area contributed by atoms with Gasteiger partial charge in [0.15, 0.2) is 11.8 Å². The quantitative estimate of drug-likeness (QED) is 0.572. The van der Waals surface area contributed by atoms with E-state index in [1.165, 1.54) is 11.1 Å². The monoisotopic (exact) mass is 320 g/mol. The number of aromatic nitrogens is 3. The highest BCUT2D eigenvalue weighted by Gasteiger charge is 2.01. The molecule has 6 nitrogen and oxygen atoms in total. The highest BCUT2D eigenvalue weighted by molar-refractivity contribution is 5.92. The van der Waals surface area contributed by atoms with Crippen molar-refractivity contribution < 1.29 is 0 Å². The van der Waals surface area contributed by atoms with E-state index >= 15 is 0 Å². The number of pyridine rings is 1. The normalized spacial score (nSPS) is 11.5. The Morgan fingerprint density at radius 1 is 1.17 bits per heavy atom. The van der Waals surface area contributed by atoms with Crippen molar-refractivity contribution >= 4 is 11.6 Å². The van der Waals surface area contributed by atoms with Crippen molar-refractivity contribution in [1.82, 2.24) is 14.8 Å². The molecule has 0 fully saturated rings. The molecule has 0 spiro atoms. The Morgan fingerprint density at radius 2 is 2.04 bits per heavy atom. The van der Waals surface area contributed by atoms with Crippen molar-refractivity contribution in [2.75, 3.05) is 5.32 Å². The van der Waals surface area contributed by atoms with Gasteiger partial charge in [-0.3, -0.25) is 0 Å². The van der Waals surface area contributed by atoms with Gasteiger partial charge in [-0.2, -0.15) is 5.10 Å². The van der Waals surface area contributed by atoms with E-state index in [0.717, 1.165) is 17.1 Å². The molecule has 0 bridgehead atoms. The number of hydrogen-bond acceptors (Lipinski definition) is 3. The summed E-state index contributed by atoms with van der Waals surface area (Å²) in [4.78, 5) is 8.69. The molecule has 0 amide bonds. The number of nitrogens with zero attached hydrogens (tertiary/aromatic N) is 4. The Morgan fingerprint density at radius 3 is 2.79 bits per heavy atom. The predicted octanol–water partition coefficient (Wildman–Crippen LogP) is 2.81. The number of rotatable bonds is 4. The molecule has 3 rings (SSSR count). The van der Waals surface area contributed by atoms with Crippen LogP contribution in [0, 0.1) is 13.8 Å². The van der Waals surface area contributed by atoms with Crippen LogP contribution in [-0.2, 0) is 6.54 Å². The van der Waals surface area contributed by atoms with Gasteiger partial charge in [-0.25, -0.2) is 14.7 Å². The van der Waals surface area contributed by atoms with Crippen molar-refractivity contribution in [3.8, 4) is 5.82 Å². The minimum atomic E-state index is 0.385. The third-order valence-electron chi connectivity index (χ3n) is 3.76. The lowest BCUT2D eigenvalue weighted by Gasteiger charge is -2.08. The minimum Gasteiger partial charge on any atom is -0.370 e. The van der Waals surface area contributed by atoms with E-state index < -0.39 is 0 Å². The number of anilines is 1. The average molecular weight is 320 g/mol. The molecule has 122 valence electrons. The fourth-order valence-corrected chi connectivity index (χ4v) is 2.27. The first-order chi connectivity index (χ1) is 11.6. The summed E-state index contributed by atoms with van der Waals surface area (Å²) in [6, 6.07) is 11.8. The number of guanidine groups is 1. The van der Waals surface area contributed by atoms with E-state index in [2.05, 4.69) is 46.4 Å². The summed E-state index contributed by atoms with van der Waals surface area (Å²) >= 11 is 0. The molecule has 0 aliphatic carbocycles. The molecule has 0 saturated heterocycles. The third-order valence-corrected chi connectivity index (χ3v) is 3.76. The molecule has 1 aromatic carbocycles. The standard InChI is InChI=1S/C18H20N6/c1-13-4-5-16(10-14(13)2)23-18(19)21-12-15-6-8-20-17(11-15)24-9-3-7-22-24/h3-11H,12H2,1-2H3,(H3,19,21,23). The van der Waals surface area contributed by atoms with Crippen LogP contribution in [0.2, 0.25) is 0 Å². The van der Waals surface area contributed by atoms with Crippen molar-refractivity contribution in [1.29, 1.82) is 0 Å². The number of nitrogens with one attached hydrogen (secondary N) is 1. The van der Waals surface area contributed by atoms with E-state index in [-0.39, 0.29) is 0 Å². The molecular formula is C18H20N6. The first-order valence-electron chi connectivity index (χ1n) is 7.71. The molecule has 0 atom stereocenters. The number of aryl methyl sites for hydroxylation is 2. The average Bonchev–Trinajstić information content (AvgIpc) is 3.11. The summed E-state index contributed by atoms with van der Waals surface area (Å²) in [5, 5.41) is 7.29. The van der Waals surface area contributed by atoms with Gasteiger partial charge in [0.05, 0.1) is 6.54 Å².